The number of nitro benzene ring substituents is 1. The molecule has 0 saturated carbocycles. The second-order valence-electron chi connectivity index (χ2n) is 5.53. The minimum Gasteiger partial charge on any atom is -0.504 e. The Bertz CT molecular complexity index is 1020. The van der Waals surface area contributed by atoms with E-state index in [4.69, 9.17) is 16.3 Å². The lowest BCUT2D eigenvalue weighted by atomic mass is 10.2. The van der Waals surface area contributed by atoms with Gasteiger partial charge in [-0.05, 0) is 54.6 Å². The highest BCUT2D eigenvalue weighted by atomic mass is 35.5. The Balaban J connectivity index is 1.88. The summed E-state index contributed by atoms with van der Waals surface area (Å²) in [4.78, 5) is 27.3. The van der Waals surface area contributed by atoms with Crippen molar-refractivity contribution in [2.45, 2.75) is 6.92 Å². The molecule has 28 heavy (non-hydrogen) atoms. The molecule has 0 spiro atoms. The van der Waals surface area contributed by atoms with E-state index >= 15 is 0 Å². The van der Waals surface area contributed by atoms with Crippen LogP contribution in [0.2, 0.25) is 5.02 Å². The van der Waals surface area contributed by atoms with Gasteiger partial charge in [0.05, 0.1) is 16.4 Å². The third-order valence-corrected chi connectivity index (χ3v) is 4.73. The number of rotatable bonds is 5. The van der Waals surface area contributed by atoms with Crippen LogP contribution < -0.4 is 10.1 Å². The number of phenolic OH excluding ortho intramolecular Hbond substituents is 1. The number of ether oxygens (including phenoxy) is 1. The van der Waals surface area contributed by atoms with Crippen molar-refractivity contribution in [1.29, 1.82) is 0 Å². The van der Waals surface area contributed by atoms with Gasteiger partial charge in [0.25, 0.3) is 11.6 Å². The Morgan fingerprint density at radius 1 is 1.36 bits per heavy atom. The predicted octanol–water partition coefficient (Wildman–Crippen LogP) is 4.24. The molecule has 2 N–H and O–H groups in total. The number of nitro groups is 1. The number of aromatic hydroxyl groups is 1. The molecular formula is C18H14ClN3O5S. The van der Waals surface area contributed by atoms with Crippen molar-refractivity contribution in [1.82, 2.24) is 5.32 Å². The summed E-state index contributed by atoms with van der Waals surface area (Å²) < 4.78 is 5.33. The van der Waals surface area contributed by atoms with Gasteiger partial charge in [-0.15, -0.1) is 0 Å². The first-order valence-electron chi connectivity index (χ1n) is 8.06. The first-order chi connectivity index (χ1) is 13.4. The molecular weight excluding hydrogens is 406 g/mol. The van der Waals surface area contributed by atoms with E-state index in [-0.39, 0.29) is 33.2 Å². The average molecular weight is 420 g/mol. The van der Waals surface area contributed by atoms with Crippen LogP contribution in [0.15, 0.2) is 46.3 Å². The summed E-state index contributed by atoms with van der Waals surface area (Å²) in [5, 5.41) is 23.9. The van der Waals surface area contributed by atoms with Crippen LogP contribution in [0.3, 0.4) is 0 Å². The smallest absolute Gasteiger partial charge is 0.296 e. The van der Waals surface area contributed by atoms with Crippen molar-refractivity contribution < 1.29 is 19.6 Å². The standard InChI is InChI=1S/C18H14ClN3O5S/c1-2-27-15-7-10(3-6-14(15)23)8-16-17(24)21-18(28-16)20-12-5-4-11(19)9-13(12)22(25)26/h3-9,23H,2H2,1H3,(H,20,21,24)/b16-8+. The lowest BCUT2D eigenvalue weighted by Gasteiger charge is -2.06. The summed E-state index contributed by atoms with van der Waals surface area (Å²) in [6.07, 6.45) is 1.61. The number of nitrogens with zero attached hydrogens (tertiary/aromatic N) is 2. The Hall–Kier alpha value is -3.04. The third kappa shape index (κ3) is 4.44. The average Bonchev–Trinajstić information content (AvgIpc) is 2.98. The molecule has 3 rings (SSSR count). The van der Waals surface area contributed by atoms with Crippen LogP contribution in [0.25, 0.3) is 6.08 Å². The molecule has 1 amide bonds. The molecule has 8 nitrogen and oxygen atoms in total. The number of benzene rings is 2. The molecule has 1 aliphatic heterocycles. The van der Waals surface area contributed by atoms with Crippen LogP contribution in [-0.2, 0) is 4.79 Å². The quantitative estimate of drug-likeness (QED) is 0.425. The van der Waals surface area contributed by atoms with Gasteiger partial charge in [0.2, 0.25) is 0 Å². The summed E-state index contributed by atoms with van der Waals surface area (Å²) in [5.41, 5.74) is 0.478. The van der Waals surface area contributed by atoms with E-state index < -0.39 is 4.92 Å². The fourth-order valence-electron chi connectivity index (χ4n) is 2.37. The maximum atomic E-state index is 12.2. The largest absolute Gasteiger partial charge is 0.504 e. The lowest BCUT2D eigenvalue weighted by molar-refractivity contribution is -0.384. The topological polar surface area (TPSA) is 114 Å². The highest BCUT2D eigenvalue weighted by Gasteiger charge is 2.25. The van der Waals surface area contributed by atoms with Crippen molar-refractivity contribution in [2.24, 2.45) is 4.99 Å². The summed E-state index contributed by atoms with van der Waals surface area (Å²) in [6, 6.07) is 8.82. The minimum atomic E-state index is -0.588. The number of hydrogen-bond acceptors (Lipinski definition) is 7. The predicted molar refractivity (Wildman–Crippen MR) is 108 cm³/mol. The van der Waals surface area contributed by atoms with Crippen LogP contribution in [0.4, 0.5) is 11.4 Å². The normalized spacial score (nSPS) is 16.4. The molecule has 1 saturated heterocycles. The fraction of sp³-hybridized carbons (Fsp3) is 0.111. The number of carbonyl (C=O) groups is 1. The summed E-state index contributed by atoms with van der Waals surface area (Å²) in [5.74, 6) is -0.0674. The van der Waals surface area contributed by atoms with Gasteiger partial charge in [-0.3, -0.25) is 14.9 Å². The molecule has 0 bridgehead atoms. The van der Waals surface area contributed by atoms with Crippen molar-refractivity contribution in [3.8, 4) is 11.5 Å². The molecule has 0 aromatic heterocycles. The van der Waals surface area contributed by atoms with Gasteiger partial charge < -0.3 is 15.2 Å². The van der Waals surface area contributed by atoms with Crippen molar-refractivity contribution in [3.63, 3.8) is 0 Å². The number of aliphatic imine (C=N–C) groups is 1. The first kappa shape index (κ1) is 19.7. The molecule has 0 aliphatic carbocycles. The Labute approximate surface area is 169 Å². The monoisotopic (exact) mass is 419 g/mol. The van der Waals surface area contributed by atoms with Crippen molar-refractivity contribution in [2.75, 3.05) is 6.61 Å². The number of hydrogen-bond donors (Lipinski definition) is 2. The molecule has 10 heteroatoms. The lowest BCUT2D eigenvalue weighted by Crippen LogP contribution is -2.19. The van der Waals surface area contributed by atoms with Gasteiger partial charge in [0.1, 0.15) is 5.69 Å². The molecule has 2 aromatic rings. The van der Waals surface area contributed by atoms with Crippen LogP contribution in [-0.4, -0.2) is 27.7 Å². The van der Waals surface area contributed by atoms with Crippen molar-refractivity contribution in [3.05, 3.63) is 62.0 Å². The zero-order valence-corrected chi connectivity index (χ0v) is 16.1. The van der Waals surface area contributed by atoms with E-state index in [9.17, 15) is 20.0 Å². The Kier molecular flexibility index (Phi) is 5.86. The number of phenols is 1. The summed E-state index contributed by atoms with van der Waals surface area (Å²) in [7, 11) is 0. The Morgan fingerprint density at radius 2 is 2.14 bits per heavy atom. The van der Waals surface area contributed by atoms with Crippen LogP contribution in [0, 0.1) is 10.1 Å². The number of thioether (sulfide) groups is 1. The molecule has 0 radical (unpaired) electrons. The summed E-state index contributed by atoms with van der Waals surface area (Å²) >= 11 is 6.84. The van der Waals surface area contributed by atoms with E-state index in [1.54, 1.807) is 25.1 Å². The van der Waals surface area contributed by atoms with Gasteiger partial charge in [0, 0.05) is 11.1 Å². The zero-order valence-electron chi connectivity index (χ0n) is 14.5. The van der Waals surface area contributed by atoms with Crippen molar-refractivity contribution >= 4 is 51.9 Å². The fourth-order valence-corrected chi connectivity index (χ4v) is 3.37. The number of carbonyl (C=O) groups excluding carboxylic acids is 1. The maximum Gasteiger partial charge on any atom is 0.296 e. The highest BCUT2D eigenvalue weighted by molar-refractivity contribution is 8.18. The summed E-state index contributed by atoms with van der Waals surface area (Å²) in [6.45, 7) is 2.18. The van der Waals surface area contributed by atoms with E-state index in [0.29, 0.717) is 22.8 Å². The molecule has 1 aliphatic rings. The van der Waals surface area contributed by atoms with E-state index in [1.165, 1.54) is 24.3 Å². The van der Waals surface area contributed by atoms with Crippen LogP contribution >= 0.6 is 23.4 Å². The number of amides is 1. The second kappa shape index (κ2) is 8.32. The van der Waals surface area contributed by atoms with Crippen LogP contribution in [0.1, 0.15) is 12.5 Å². The van der Waals surface area contributed by atoms with Gasteiger partial charge in [-0.25, -0.2) is 4.99 Å². The zero-order chi connectivity index (χ0) is 20.3. The van der Waals surface area contributed by atoms with Gasteiger partial charge in [0.15, 0.2) is 16.7 Å². The van der Waals surface area contributed by atoms with Gasteiger partial charge in [-0.1, -0.05) is 17.7 Å². The highest BCUT2D eigenvalue weighted by Crippen LogP contribution is 2.34. The number of nitrogens with one attached hydrogen (secondary N) is 1. The van der Waals surface area contributed by atoms with E-state index in [0.717, 1.165) is 11.8 Å². The van der Waals surface area contributed by atoms with Gasteiger partial charge >= 0.3 is 0 Å². The third-order valence-electron chi connectivity index (χ3n) is 3.59. The number of halogens is 1. The minimum absolute atomic E-state index is 0.00447. The SMILES string of the molecule is CCOc1cc(/C=C2/SC(=Nc3ccc(Cl)cc3[N+](=O)[O-])NC2=O)ccc1O. The van der Waals surface area contributed by atoms with Gasteiger partial charge in [-0.2, -0.15) is 0 Å². The van der Waals surface area contributed by atoms with E-state index in [2.05, 4.69) is 10.3 Å². The molecule has 0 unspecified atom stereocenters. The Morgan fingerprint density at radius 3 is 2.86 bits per heavy atom. The molecule has 1 heterocycles. The van der Waals surface area contributed by atoms with Crippen LogP contribution in [0.5, 0.6) is 11.5 Å². The molecule has 2 aromatic carbocycles. The number of amidine groups is 1. The molecule has 1 fully saturated rings. The second-order valence-corrected chi connectivity index (χ2v) is 7.00. The van der Waals surface area contributed by atoms with E-state index in [1.807, 2.05) is 0 Å². The molecule has 0 atom stereocenters. The maximum absolute atomic E-state index is 12.2. The first-order valence-corrected chi connectivity index (χ1v) is 9.26. The molecule has 144 valence electrons.